The first-order valence-electron chi connectivity index (χ1n) is 8.27. The zero-order valence-corrected chi connectivity index (χ0v) is 15.8. The van der Waals surface area contributed by atoms with Gasteiger partial charge in [0.2, 0.25) is 5.82 Å². The van der Waals surface area contributed by atoms with Crippen LogP contribution in [0.1, 0.15) is 23.2 Å². The summed E-state index contributed by atoms with van der Waals surface area (Å²) in [5, 5.41) is 4.01. The number of halogens is 2. The second-order valence-electron chi connectivity index (χ2n) is 5.52. The van der Waals surface area contributed by atoms with Crippen molar-refractivity contribution in [1.29, 1.82) is 0 Å². The van der Waals surface area contributed by atoms with Gasteiger partial charge in [-0.25, -0.2) is 9.18 Å². The van der Waals surface area contributed by atoms with Crippen molar-refractivity contribution in [2.75, 3.05) is 13.7 Å². The van der Waals surface area contributed by atoms with E-state index in [0.717, 1.165) is 0 Å². The van der Waals surface area contributed by atoms with Crippen molar-refractivity contribution in [2.45, 2.75) is 13.5 Å². The monoisotopic (exact) mass is 406 g/mol. The third-order valence-electron chi connectivity index (χ3n) is 3.65. The van der Waals surface area contributed by atoms with Gasteiger partial charge >= 0.3 is 5.97 Å². The first-order chi connectivity index (χ1) is 13.5. The lowest BCUT2D eigenvalue weighted by Crippen LogP contribution is -2.07. The molecule has 0 aliphatic carbocycles. The fourth-order valence-electron chi connectivity index (χ4n) is 2.36. The highest BCUT2D eigenvalue weighted by atomic mass is 35.5. The Morgan fingerprint density at radius 3 is 2.68 bits per heavy atom. The van der Waals surface area contributed by atoms with E-state index < -0.39 is 5.97 Å². The molecule has 0 radical (unpaired) electrons. The van der Waals surface area contributed by atoms with Crippen LogP contribution in [0.25, 0.3) is 11.4 Å². The molecule has 0 unspecified atom stereocenters. The first-order valence-corrected chi connectivity index (χ1v) is 8.65. The standard InChI is InChI=1S/C19H16ClFN2O5/c1-3-26-17-14(20)8-12(9-15(17)25-2)19(24)27-10-16-22-18(23-28-16)11-4-6-13(21)7-5-11/h4-9H,3,10H2,1-2H3. The van der Waals surface area contributed by atoms with E-state index in [1.165, 1.54) is 43.5 Å². The minimum absolute atomic E-state index is 0.0941. The van der Waals surface area contributed by atoms with Crippen molar-refractivity contribution in [2.24, 2.45) is 0 Å². The molecule has 1 heterocycles. The van der Waals surface area contributed by atoms with Gasteiger partial charge in [0, 0.05) is 5.56 Å². The van der Waals surface area contributed by atoms with E-state index in [1.54, 1.807) is 0 Å². The fraction of sp³-hybridized carbons (Fsp3) is 0.211. The summed E-state index contributed by atoms with van der Waals surface area (Å²) in [6.45, 7) is 1.97. The summed E-state index contributed by atoms with van der Waals surface area (Å²) in [4.78, 5) is 16.4. The van der Waals surface area contributed by atoms with Crippen LogP contribution in [-0.2, 0) is 11.3 Å². The maximum absolute atomic E-state index is 13.0. The minimum Gasteiger partial charge on any atom is -0.493 e. The number of hydrogen-bond donors (Lipinski definition) is 0. The summed E-state index contributed by atoms with van der Waals surface area (Å²) in [6.07, 6.45) is 0. The van der Waals surface area contributed by atoms with Crippen molar-refractivity contribution >= 4 is 17.6 Å². The molecular formula is C19H16ClFN2O5. The lowest BCUT2D eigenvalue weighted by atomic mass is 10.2. The van der Waals surface area contributed by atoms with E-state index in [4.69, 9.17) is 30.3 Å². The highest BCUT2D eigenvalue weighted by Gasteiger charge is 2.18. The Hall–Kier alpha value is -3.13. The van der Waals surface area contributed by atoms with Crippen LogP contribution >= 0.6 is 11.6 Å². The van der Waals surface area contributed by atoms with Crippen molar-refractivity contribution in [3.63, 3.8) is 0 Å². The maximum atomic E-state index is 13.0. The second kappa shape index (κ2) is 8.71. The van der Waals surface area contributed by atoms with E-state index in [9.17, 15) is 9.18 Å². The Balaban J connectivity index is 1.69. The van der Waals surface area contributed by atoms with Gasteiger partial charge in [-0.2, -0.15) is 4.98 Å². The van der Waals surface area contributed by atoms with Gasteiger partial charge in [-0.15, -0.1) is 0 Å². The van der Waals surface area contributed by atoms with Crippen molar-refractivity contribution < 1.29 is 27.9 Å². The number of nitrogens with zero attached hydrogens (tertiary/aromatic N) is 2. The molecule has 0 amide bonds. The van der Waals surface area contributed by atoms with E-state index >= 15 is 0 Å². The SMILES string of the molecule is CCOc1c(Cl)cc(C(=O)OCc2nc(-c3ccc(F)cc3)no2)cc1OC. The van der Waals surface area contributed by atoms with Crippen LogP contribution in [0.3, 0.4) is 0 Å². The normalized spacial score (nSPS) is 10.6. The van der Waals surface area contributed by atoms with Gasteiger partial charge < -0.3 is 18.7 Å². The summed E-state index contributed by atoms with van der Waals surface area (Å²) in [7, 11) is 1.44. The summed E-state index contributed by atoms with van der Waals surface area (Å²) >= 11 is 6.16. The molecule has 0 spiro atoms. The molecular weight excluding hydrogens is 391 g/mol. The second-order valence-corrected chi connectivity index (χ2v) is 5.92. The van der Waals surface area contributed by atoms with Crippen LogP contribution in [0.15, 0.2) is 40.9 Å². The van der Waals surface area contributed by atoms with E-state index in [2.05, 4.69) is 10.1 Å². The molecule has 0 saturated carbocycles. The van der Waals surface area contributed by atoms with Crippen molar-refractivity contribution in [3.8, 4) is 22.9 Å². The fourth-order valence-corrected chi connectivity index (χ4v) is 2.63. The molecule has 1 aromatic heterocycles. The molecule has 0 aliphatic rings. The quantitative estimate of drug-likeness (QED) is 0.541. The molecule has 9 heteroatoms. The van der Waals surface area contributed by atoms with Crippen molar-refractivity contribution in [3.05, 3.63) is 58.7 Å². The molecule has 3 rings (SSSR count). The van der Waals surface area contributed by atoms with Gasteiger partial charge in [-0.3, -0.25) is 0 Å². The Bertz CT molecular complexity index is 975. The molecule has 0 atom stereocenters. The molecule has 0 fully saturated rings. The summed E-state index contributed by atoms with van der Waals surface area (Å²) in [5.41, 5.74) is 0.759. The molecule has 28 heavy (non-hydrogen) atoms. The number of methoxy groups -OCH3 is 1. The zero-order chi connectivity index (χ0) is 20.1. The largest absolute Gasteiger partial charge is 0.493 e. The molecule has 0 aliphatic heterocycles. The lowest BCUT2D eigenvalue weighted by molar-refractivity contribution is 0.0429. The van der Waals surface area contributed by atoms with Gasteiger partial charge in [0.05, 0.1) is 24.3 Å². The van der Waals surface area contributed by atoms with Gasteiger partial charge in [-0.05, 0) is 43.3 Å². The molecule has 3 aromatic rings. The Kier molecular flexibility index (Phi) is 6.10. The number of rotatable bonds is 7. The average Bonchev–Trinajstić information content (AvgIpc) is 3.17. The number of aromatic nitrogens is 2. The Morgan fingerprint density at radius 2 is 2.00 bits per heavy atom. The Labute approximate surface area is 165 Å². The van der Waals surface area contributed by atoms with Crippen LogP contribution < -0.4 is 9.47 Å². The molecule has 146 valence electrons. The summed E-state index contributed by atoms with van der Waals surface area (Å²) in [5.74, 6) is 0.00544. The summed E-state index contributed by atoms with van der Waals surface area (Å²) < 4.78 is 33.8. The highest BCUT2D eigenvalue weighted by molar-refractivity contribution is 6.32. The van der Waals surface area contributed by atoms with Gasteiger partial charge in [0.25, 0.3) is 5.89 Å². The highest BCUT2D eigenvalue weighted by Crippen LogP contribution is 2.36. The van der Waals surface area contributed by atoms with E-state index in [-0.39, 0.29) is 34.7 Å². The molecule has 2 aromatic carbocycles. The summed E-state index contributed by atoms with van der Waals surface area (Å²) in [6, 6.07) is 8.50. The van der Waals surface area contributed by atoms with Gasteiger partial charge in [0.1, 0.15) is 5.82 Å². The Morgan fingerprint density at radius 1 is 1.25 bits per heavy atom. The molecule has 0 saturated heterocycles. The van der Waals surface area contributed by atoms with Crippen molar-refractivity contribution in [1.82, 2.24) is 10.1 Å². The van der Waals surface area contributed by atoms with Gasteiger partial charge in [-0.1, -0.05) is 16.8 Å². The number of hydrogen-bond acceptors (Lipinski definition) is 7. The van der Waals surface area contributed by atoms with Crippen LogP contribution in [-0.4, -0.2) is 29.8 Å². The van der Waals surface area contributed by atoms with Crippen LogP contribution in [0.4, 0.5) is 4.39 Å². The smallest absolute Gasteiger partial charge is 0.338 e. The van der Waals surface area contributed by atoms with Crippen LogP contribution in [0, 0.1) is 5.82 Å². The minimum atomic E-state index is -0.648. The number of benzene rings is 2. The van der Waals surface area contributed by atoms with Gasteiger partial charge in [0.15, 0.2) is 18.1 Å². The van der Waals surface area contributed by atoms with E-state index in [0.29, 0.717) is 23.7 Å². The molecule has 0 N–H and O–H groups in total. The third-order valence-corrected chi connectivity index (χ3v) is 3.93. The maximum Gasteiger partial charge on any atom is 0.338 e. The number of esters is 1. The molecule has 7 nitrogen and oxygen atoms in total. The predicted octanol–water partition coefficient (Wildman–Crippen LogP) is 4.29. The predicted molar refractivity (Wildman–Crippen MR) is 98.0 cm³/mol. The zero-order valence-electron chi connectivity index (χ0n) is 15.1. The third kappa shape index (κ3) is 4.40. The van der Waals surface area contributed by atoms with Crippen LogP contribution in [0.2, 0.25) is 5.02 Å². The van der Waals surface area contributed by atoms with E-state index in [1.807, 2.05) is 6.92 Å². The number of ether oxygens (including phenoxy) is 3. The van der Waals surface area contributed by atoms with Crippen LogP contribution in [0.5, 0.6) is 11.5 Å². The number of carbonyl (C=O) groups excluding carboxylic acids is 1. The first kappa shape index (κ1) is 19.6. The number of carbonyl (C=O) groups is 1. The topological polar surface area (TPSA) is 83.7 Å². The molecule has 0 bridgehead atoms. The average molecular weight is 407 g/mol. The lowest BCUT2D eigenvalue weighted by Gasteiger charge is -2.12.